The number of benzene rings is 1. The molecule has 1 aromatic carbocycles. The van der Waals surface area contributed by atoms with Gasteiger partial charge in [-0.25, -0.2) is 4.79 Å². The van der Waals surface area contributed by atoms with E-state index in [-0.39, 0.29) is 12.5 Å². The molecule has 1 rings (SSSR count). The van der Waals surface area contributed by atoms with Gasteiger partial charge in [-0.15, -0.1) is 0 Å². The number of carbonyl (C=O) groups excluding carboxylic acids is 2. The highest BCUT2D eigenvalue weighted by atomic mass is 16.5. The number of rotatable bonds is 9. The first-order valence-electron chi connectivity index (χ1n) is 6.93. The first-order chi connectivity index (χ1) is 11.1. The van der Waals surface area contributed by atoms with Crippen molar-refractivity contribution in [2.75, 3.05) is 41.1 Å². The Kier molecular flexibility index (Phi) is 8.23. The lowest BCUT2D eigenvalue weighted by molar-refractivity contribution is -0.143. The maximum Gasteiger partial charge on any atom is 0.331 e. The smallest absolute Gasteiger partial charge is 0.331 e. The predicted molar refractivity (Wildman–Crippen MR) is 84.4 cm³/mol. The van der Waals surface area contributed by atoms with Crippen LogP contribution in [0, 0.1) is 0 Å². The summed E-state index contributed by atoms with van der Waals surface area (Å²) in [6, 6.07) is 5.22. The zero-order valence-electron chi connectivity index (χ0n) is 13.5. The fourth-order valence-corrected chi connectivity index (χ4v) is 1.65. The lowest BCUT2D eigenvalue weighted by atomic mass is 10.2. The monoisotopic (exact) mass is 323 g/mol. The summed E-state index contributed by atoms with van der Waals surface area (Å²) in [6.07, 6.45) is 2.80. The van der Waals surface area contributed by atoms with Crippen LogP contribution in [0.4, 0.5) is 0 Å². The second-order valence-corrected chi connectivity index (χ2v) is 4.40. The molecule has 7 nitrogen and oxygen atoms in total. The molecule has 0 bridgehead atoms. The van der Waals surface area contributed by atoms with Crippen LogP contribution in [0.1, 0.15) is 5.56 Å². The largest absolute Gasteiger partial charge is 0.493 e. The molecular formula is C16H21NO6. The molecule has 0 atom stereocenters. The molecule has 0 aliphatic rings. The third kappa shape index (κ3) is 6.84. The number of amides is 1. The van der Waals surface area contributed by atoms with Gasteiger partial charge in [0.1, 0.15) is 0 Å². The fraction of sp³-hybridized carbons (Fsp3) is 0.375. The van der Waals surface area contributed by atoms with Gasteiger partial charge in [0.25, 0.3) is 5.91 Å². The van der Waals surface area contributed by atoms with E-state index in [1.165, 1.54) is 20.3 Å². The number of ether oxygens (including phenoxy) is 4. The number of hydrogen-bond donors (Lipinski definition) is 1. The normalized spacial score (nSPS) is 10.4. The van der Waals surface area contributed by atoms with E-state index in [4.69, 9.17) is 18.9 Å². The highest BCUT2D eigenvalue weighted by Gasteiger charge is 2.05. The van der Waals surface area contributed by atoms with E-state index in [0.29, 0.717) is 24.7 Å². The van der Waals surface area contributed by atoms with Crippen molar-refractivity contribution in [2.24, 2.45) is 0 Å². The minimum atomic E-state index is -0.610. The highest BCUT2D eigenvalue weighted by molar-refractivity contribution is 5.89. The minimum Gasteiger partial charge on any atom is -0.493 e. The van der Waals surface area contributed by atoms with Gasteiger partial charge in [-0.2, -0.15) is 0 Å². The average molecular weight is 323 g/mol. The van der Waals surface area contributed by atoms with E-state index in [0.717, 1.165) is 5.56 Å². The number of nitrogens with one attached hydrogen (secondary N) is 1. The van der Waals surface area contributed by atoms with Crippen molar-refractivity contribution in [1.29, 1.82) is 0 Å². The van der Waals surface area contributed by atoms with Crippen molar-refractivity contribution in [2.45, 2.75) is 0 Å². The summed E-state index contributed by atoms with van der Waals surface area (Å²) >= 11 is 0. The van der Waals surface area contributed by atoms with Crippen LogP contribution in [-0.2, 0) is 19.1 Å². The van der Waals surface area contributed by atoms with Crippen LogP contribution in [-0.4, -0.2) is 53.0 Å². The molecule has 0 aliphatic carbocycles. The molecule has 0 saturated heterocycles. The van der Waals surface area contributed by atoms with E-state index >= 15 is 0 Å². The summed E-state index contributed by atoms with van der Waals surface area (Å²) in [5, 5.41) is 2.54. The molecular weight excluding hydrogens is 302 g/mol. The van der Waals surface area contributed by atoms with E-state index in [1.54, 1.807) is 31.4 Å². The second kappa shape index (κ2) is 10.2. The molecule has 1 aromatic rings. The zero-order chi connectivity index (χ0) is 17.1. The van der Waals surface area contributed by atoms with Gasteiger partial charge in [0, 0.05) is 19.7 Å². The van der Waals surface area contributed by atoms with Crippen molar-refractivity contribution in [3.8, 4) is 11.5 Å². The number of esters is 1. The van der Waals surface area contributed by atoms with Crippen molar-refractivity contribution < 1.29 is 28.5 Å². The molecule has 23 heavy (non-hydrogen) atoms. The summed E-state index contributed by atoms with van der Waals surface area (Å²) in [5.74, 6) is 0.164. The second-order valence-electron chi connectivity index (χ2n) is 4.40. The molecule has 0 spiro atoms. The Morgan fingerprint density at radius 3 is 2.52 bits per heavy atom. The summed E-state index contributed by atoms with van der Waals surface area (Å²) < 4.78 is 19.9. The Labute approximate surface area is 135 Å². The standard InChI is InChI=1S/C16H21NO6/c1-20-9-8-17-15(18)11-23-16(19)7-5-12-4-6-13(21-2)14(10-12)22-3/h4-7,10H,8-9,11H2,1-3H3,(H,17,18)/b7-5+. The Hall–Kier alpha value is -2.54. The van der Waals surface area contributed by atoms with Crippen molar-refractivity contribution in [3.05, 3.63) is 29.8 Å². The first-order valence-corrected chi connectivity index (χ1v) is 6.93. The van der Waals surface area contributed by atoms with Gasteiger partial charge in [0.05, 0.1) is 20.8 Å². The molecule has 1 amide bonds. The molecule has 0 heterocycles. The van der Waals surface area contributed by atoms with Crippen LogP contribution in [0.15, 0.2) is 24.3 Å². The lowest BCUT2D eigenvalue weighted by Gasteiger charge is -2.07. The highest BCUT2D eigenvalue weighted by Crippen LogP contribution is 2.27. The third-order valence-electron chi connectivity index (χ3n) is 2.79. The molecule has 0 saturated carbocycles. The molecule has 1 N–H and O–H groups in total. The van der Waals surface area contributed by atoms with E-state index in [2.05, 4.69) is 5.32 Å². The van der Waals surface area contributed by atoms with E-state index in [1.807, 2.05) is 0 Å². The Morgan fingerprint density at radius 1 is 1.13 bits per heavy atom. The summed E-state index contributed by atoms with van der Waals surface area (Å²) in [7, 11) is 4.61. The van der Waals surface area contributed by atoms with Gasteiger partial charge in [-0.3, -0.25) is 4.79 Å². The van der Waals surface area contributed by atoms with Gasteiger partial charge in [-0.05, 0) is 23.8 Å². The predicted octanol–water partition coefficient (Wildman–Crippen LogP) is 1.02. The van der Waals surface area contributed by atoms with Crippen molar-refractivity contribution >= 4 is 18.0 Å². The summed E-state index contributed by atoms with van der Waals surface area (Å²) in [5.41, 5.74) is 0.740. The van der Waals surface area contributed by atoms with Crippen molar-refractivity contribution in [3.63, 3.8) is 0 Å². The Bertz CT molecular complexity index is 556. The van der Waals surface area contributed by atoms with E-state index in [9.17, 15) is 9.59 Å². The molecule has 0 fully saturated rings. The number of methoxy groups -OCH3 is 3. The minimum absolute atomic E-state index is 0.335. The molecule has 0 unspecified atom stereocenters. The zero-order valence-corrected chi connectivity index (χ0v) is 13.5. The summed E-state index contributed by atoms with van der Waals surface area (Å²) in [4.78, 5) is 22.9. The first kappa shape index (κ1) is 18.5. The van der Waals surface area contributed by atoms with Crippen molar-refractivity contribution in [1.82, 2.24) is 5.32 Å². The molecule has 7 heteroatoms. The topological polar surface area (TPSA) is 83.1 Å². The molecule has 0 aliphatic heterocycles. The molecule has 126 valence electrons. The van der Waals surface area contributed by atoms with Gasteiger partial charge in [-0.1, -0.05) is 6.07 Å². The Balaban J connectivity index is 2.47. The third-order valence-corrected chi connectivity index (χ3v) is 2.79. The SMILES string of the molecule is COCCNC(=O)COC(=O)/C=C/c1ccc(OC)c(OC)c1. The van der Waals surface area contributed by atoms with Crippen LogP contribution in [0.3, 0.4) is 0 Å². The van der Waals surface area contributed by atoms with Gasteiger partial charge in [0.2, 0.25) is 0 Å². The lowest BCUT2D eigenvalue weighted by Crippen LogP contribution is -2.31. The maximum absolute atomic E-state index is 11.6. The number of carbonyl (C=O) groups is 2. The van der Waals surface area contributed by atoms with Crippen LogP contribution in [0.5, 0.6) is 11.5 Å². The van der Waals surface area contributed by atoms with Gasteiger partial charge >= 0.3 is 5.97 Å². The summed E-state index contributed by atoms with van der Waals surface area (Å²) in [6.45, 7) is 0.437. The van der Waals surface area contributed by atoms with Gasteiger partial charge in [0.15, 0.2) is 18.1 Å². The van der Waals surface area contributed by atoms with Crippen LogP contribution >= 0.6 is 0 Å². The van der Waals surface area contributed by atoms with Crippen LogP contribution < -0.4 is 14.8 Å². The molecule has 0 radical (unpaired) electrons. The van der Waals surface area contributed by atoms with Crippen LogP contribution in [0.25, 0.3) is 6.08 Å². The molecule has 0 aromatic heterocycles. The number of hydrogen-bond acceptors (Lipinski definition) is 6. The maximum atomic E-state index is 11.6. The quantitative estimate of drug-likeness (QED) is 0.415. The average Bonchev–Trinajstić information content (AvgIpc) is 2.58. The van der Waals surface area contributed by atoms with Crippen LogP contribution in [0.2, 0.25) is 0 Å². The van der Waals surface area contributed by atoms with Gasteiger partial charge < -0.3 is 24.3 Å². The fourth-order valence-electron chi connectivity index (χ4n) is 1.65. The Morgan fingerprint density at radius 2 is 1.87 bits per heavy atom. The van der Waals surface area contributed by atoms with E-state index < -0.39 is 5.97 Å².